The highest BCUT2D eigenvalue weighted by Crippen LogP contribution is 2.38. The lowest BCUT2D eigenvalue weighted by molar-refractivity contribution is -0.113. The Morgan fingerprint density at radius 2 is 1.90 bits per heavy atom. The van der Waals surface area contributed by atoms with E-state index >= 15 is 0 Å². The molecule has 0 N–H and O–H groups in total. The number of rotatable bonds is 7. The zero-order valence-corrected chi connectivity index (χ0v) is 18.0. The molecular formula is C23H25NO4S. The third-order valence-corrected chi connectivity index (χ3v) is 5.72. The number of nitrogens with zero attached hydrogens (tertiary/aromatic N) is 1. The van der Waals surface area contributed by atoms with Crippen molar-refractivity contribution in [1.82, 2.24) is 0 Å². The maximum Gasteiger partial charge on any atom is 0.298 e. The van der Waals surface area contributed by atoms with Crippen LogP contribution in [0.2, 0.25) is 0 Å². The summed E-state index contributed by atoms with van der Waals surface area (Å²) in [6.07, 6.45) is 3.74. The van der Waals surface area contributed by atoms with Crippen molar-refractivity contribution in [2.75, 3.05) is 18.6 Å². The molecule has 0 aromatic heterocycles. The van der Waals surface area contributed by atoms with Gasteiger partial charge in [0.05, 0.1) is 24.3 Å². The fraction of sp³-hybridized carbons (Fsp3) is 0.304. The van der Waals surface area contributed by atoms with Crippen LogP contribution in [0.3, 0.4) is 0 Å². The molecule has 0 unspecified atom stereocenters. The lowest BCUT2D eigenvalue weighted by Crippen LogP contribution is -2.28. The van der Waals surface area contributed by atoms with Crippen molar-refractivity contribution in [3.63, 3.8) is 0 Å². The number of anilines is 1. The number of methoxy groups -OCH3 is 1. The average Bonchev–Trinajstić information content (AvgIpc) is 2.98. The Morgan fingerprint density at radius 1 is 1.10 bits per heavy atom. The molecule has 0 atom stereocenters. The van der Waals surface area contributed by atoms with Crippen LogP contribution in [-0.4, -0.2) is 24.9 Å². The van der Waals surface area contributed by atoms with Crippen LogP contribution in [0, 0.1) is 13.8 Å². The first-order valence-corrected chi connectivity index (χ1v) is 10.4. The molecule has 6 heteroatoms. The summed E-state index contributed by atoms with van der Waals surface area (Å²) >= 11 is 0.947. The SMILES string of the molecule is CCCCOc1ccc(/C=C2\SC(=O)N(c3cccc(C)c3C)C2=O)cc1OC. The summed E-state index contributed by atoms with van der Waals surface area (Å²) in [6.45, 7) is 6.61. The minimum Gasteiger partial charge on any atom is -0.493 e. The second kappa shape index (κ2) is 9.18. The van der Waals surface area contributed by atoms with Gasteiger partial charge in [0, 0.05) is 0 Å². The van der Waals surface area contributed by atoms with Crippen molar-refractivity contribution in [3.8, 4) is 11.5 Å². The monoisotopic (exact) mass is 411 g/mol. The van der Waals surface area contributed by atoms with Crippen molar-refractivity contribution in [1.29, 1.82) is 0 Å². The number of ether oxygens (including phenoxy) is 2. The van der Waals surface area contributed by atoms with Gasteiger partial charge in [-0.05, 0) is 73.0 Å². The third kappa shape index (κ3) is 4.48. The number of aryl methyl sites for hydroxylation is 1. The minimum atomic E-state index is -0.309. The van der Waals surface area contributed by atoms with Crippen LogP contribution in [0.25, 0.3) is 6.08 Å². The summed E-state index contributed by atoms with van der Waals surface area (Å²) in [4.78, 5) is 27.1. The molecule has 0 saturated carbocycles. The number of carbonyl (C=O) groups excluding carboxylic acids is 2. The molecule has 2 aromatic carbocycles. The number of hydrogen-bond acceptors (Lipinski definition) is 5. The van der Waals surface area contributed by atoms with Crippen LogP contribution in [0.1, 0.15) is 36.5 Å². The molecule has 0 aliphatic carbocycles. The van der Waals surface area contributed by atoms with Gasteiger partial charge < -0.3 is 9.47 Å². The van der Waals surface area contributed by atoms with Gasteiger partial charge in [-0.3, -0.25) is 9.59 Å². The smallest absolute Gasteiger partial charge is 0.298 e. The van der Waals surface area contributed by atoms with E-state index < -0.39 is 0 Å². The predicted molar refractivity (Wildman–Crippen MR) is 118 cm³/mol. The maximum absolute atomic E-state index is 12.9. The molecule has 3 rings (SSSR count). The van der Waals surface area contributed by atoms with Gasteiger partial charge in [-0.2, -0.15) is 0 Å². The number of hydrogen-bond donors (Lipinski definition) is 0. The highest BCUT2D eigenvalue weighted by molar-refractivity contribution is 8.19. The highest BCUT2D eigenvalue weighted by Gasteiger charge is 2.37. The summed E-state index contributed by atoms with van der Waals surface area (Å²) in [5, 5.41) is -0.290. The molecule has 1 heterocycles. The Bertz CT molecular complexity index is 967. The Labute approximate surface area is 175 Å². The van der Waals surface area contributed by atoms with E-state index in [4.69, 9.17) is 9.47 Å². The number of imide groups is 1. The Hall–Kier alpha value is -2.73. The van der Waals surface area contributed by atoms with Crippen LogP contribution in [0.4, 0.5) is 10.5 Å². The van der Waals surface area contributed by atoms with Crippen molar-refractivity contribution < 1.29 is 19.1 Å². The summed E-state index contributed by atoms with van der Waals surface area (Å²) < 4.78 is 11.2. The quantitative estimate of drug-likeness (QED) is 0.430. The van der Waals surface area contributed by atoms with E-state index in [9.17, 15) is 9.59 Å². The van der Waals surface area contributed by atoms with E-state index in [-0.39, 0.29) is 11.1 Å². The molecule has 0 radical (unpaired) electrons. The fourth-order valence-corrected chi connectivity index (χ4v) is 3.86. The Kier molecular flexibility index (Phi) is 6.64. The van der Waals surface area contributed by atoms with Crippen LogP contribution < -0.4 is 14.4 Å². The number of amides is 2. The van der Waals surface area contributed by atoms with Gasteiger partial charge in [-0.15, -0.1) is 0 Å². The molecule has 29 heavy (non-hydrogen) atoms. The molecule has 0 spiro atoms. The van der Waals surface area contributed by atoms with Gasteiger partial charge in [-0.25, -0.2) is 4.90 Å². The number of benzene rings is 2. The Morgan fingerprint density at radius 3 is 2.62 bits per heavy atom. The average molecular weight is 412 g/mol. The van der Waals surface area contributed by atoms with Crippen molar-refractivity contribution >= 4 is 34.7 Å². The molecule has 2 aromatic rings. The van der Waals surface area contributed by atoms with E-state index in [1.807, 2.05) is 44.2 Å². The standard InChI is InChI=1S/C23H25NO4S/c1-5-6-12-28-19-11-10-17(13-20(19)27-4)14-21-22(25)24(23(26)29-21)18-9-7-8-15(2)16(18)3/h7-11,13-14H,5-6,12H2,1-4H3/b21-14-. The van der Waals surface area contributed by atoms with Gasteiger partial charge >= 0.3 is 0 Å². The molecule has 5 nitrogen and oxygen atoms in total. The number of carbonyl (C=O) groups is 2. The van der Waals surface area contributed by atoms with E-state index in [0.29, 0.717) is 28.7 Å². The molecule has 2 amide bonds. The van der Waals surface area contributed by atoms with E-state index in [0.717, 1.165) is 41.3 Å². The molecule has 0 bridgehead atoms. The van der Waals surface area contributed by atoms with E-state index in [1.54, 1.807) is 19.3 Å². The molecule has 152 valence electrons. The van der Waals surface area contributed by atoms with E-state index in [1.165, 1.54) is 4.90 Å². The first kappa shape index (κ1) is 21.0. The van der Waals surface area contributed by atoms with Crippen LogP contribution >= 0.6 is 11.8 Å². The minimum absolute atomic E-state index is 0.290. The molecule has 1 saturated heterocycles. The largest absolute Gasteiger partial charge is 0.493 e. The van der Waals surface area contributed by atoms with Gasteiger partial charge in [-0.1, -0.05) is 31.5 Å². The van der Waals surface area contributed by atoms with Crippen LogP contribution in [-0.2, 0) is 4.79 Å². The van der Waals surface area contributed by atoms with Gasteiger partial charge in [0.1, 0.15) is 0 Å². The van der Waals surface area contributed by atoms with E-state index in [2.05, 4.69) is 6.92 Å². The topological polar surface area (TPSA) is 55.8 Å². The lowest BCUT2D eigenvalue weighted by atomic mass is 10.1. The number of unbranched alkanes of at least 4 members (excludes halogenated alkanes) is 1. The summed E-state index contributed by atoms with van der Waals surface area (Å²) in [5.41, 5.74) is 3.37. The third-order valence-electron chi connectivity index (χ3n) is 4.85. The van der Waals surface area contributed by atoms with Crippen LogP contribution in [0.5, 0.6) is 11.5 Å². The molecule has 1 aliphatic heterocycles. The zero-order valence-electron chi connectivity index (χ0n) is 17.2. The molecule has 1 aliphatic rings. The second-order valence-electron chi connectivity index (χ2n) is 6.85. The van der Waals surface area contributed by atoms with Gasteiger partial charge in [0.15, 0.2) is 11.5 Å². The van der Waals surface area contributed by atoms with Crippen molar-refractivity contribution in [2.45, 2.75) is 33.6 Å². The summed E-state index contributed by atoms with van der Waals surface area (Å²) in [6, 6.07) is 11.1. The lowest BCUT2D eigenvalue weighted by Gasteiger charge is -2.16. The van der Waals surface area contributed by atoms with Gasteiger partial charge in [0.25, 0.3) is 11.1 Å². The highest BCUT2D eigenvalue weighted by atomic mass is 32.2. The molecular weight excluding hydrogens is 386 g/mol. The van der Waals surface area contributed by atoms with Gasteiger partial charge in [0.2, 0.25) is 0 Å². The first-order chi connectivity index (χ1) is 14.0. The first-order valence-electron chi connectivity index (χ1n) is 9.61. The second-order valence-corrected chi connectivity index (χ2v) is 7.84. The Balaban J connectivity index is 1.86. The summed E-state index contributed by atoms with van der Waals surface area (Å²) in [5.74, 6) is 0.959. The molecule has 1 fully saturated rings. The predicted octanol–water partition coefficient (Wildman–Crippen LogP) is 5.73. The fourth-order valence-electron chi connectivity index (χ4n) is 3.02. The summed E-state index contributed by atoms with van der Waals surface area (Å²) in [7, 11) is 1.58. The normalized spacial score (nSPS) is 15.3. The zero-order chi connectivity index (χ0) is 21.0. The van der Waals surface area contributed by atoms with Crippen molar-refractivity contribution in [2.24, 2.45) is 0 Å². The maximum atomic E-state index is 12.9. The van der Waals surface area contributed by atoms with Crippen LogP contribution in [0.15, 0.2) is 41.3 Å². The number of thioether (sulfide) groups is 1. The van der Waals surface area contributed by atoms with Crippen molar-refractivity contribution in [3.05, 3.63) is 58.0 Å².